The van der Waals surface area contributed by atoms with Crippen LogP contribution in [0.25, 0.3) is 0 Å². The monoisotopic (exact) mass is 378 g/mol. The largest absolute Gasteiger partial charge is 0.421 e. The van der Waals surface area contributed by atoms with Crippen LogP contribution in [0.1, 0.15) is 10.4 Å². The van der Waals surface area contributed by atoms with Crippen LogP contribution in [0.5, 0.6) is 5.75 Å². The van der Waals surface area contributed by atoms with Gasteiger partial charge in [0.1, 0.15) is 0 Å². The van der Waals surface area contributed by atoms with E-state index in [-0.39, 0.29) is 15.8 Å². The molecule has 0 N–H and O–H groups in total. The Morgan fingerprint density at radius 2 is 1.68 bits per heavy atom. The maximum absolute atomic E-state index is 11.9. The summed E-state index contributed by atoms with van der Waals surface area (Å²) in [7, 11) is 0. The van der Waals surface area contributed by atoms with Crippen molar-refractivity contribution in [2.24, 2.45) is 0 Å². The van der Waals surface area contributed by atoms with Crippen molar-refractivity contribution >= 4 is 56.7 Å². The van der Waals surface area contributed by atoms with Crippen molar-refractivity contribution in [2.45, 2.75) is 0 Å². The first-order valence-corrected chi connectivity index (χ1v) is 7.02. The van der Waals surface area contributed by atoms with Crippen molar-refractivity contribution in [2.75, 3.05) is 0 Å². The van der Waals surface area contributed by atoms with Crippen LogP contribution in [0.15, 0.2) is 40.9 Å². The second-order valence-electron chi connectivity index (χ2n) is 3.60. The van der Waals surface area contributed by atoms with E-state index >= 15 is 0 Å². The van der Waals surface area contributed by atoms with Crippen LogP contribution in [0.4, 0.5) is 0 Å². The van der Waals surface area contributed by atoms with Gasteiger partial charge in [-0.05, 0) is 24.3 Å². The molecule has 2 aromatic rings. The van der Waals surface area contributed by atoms with Gasteiger partial charge in [0, 0.05) is 10.5 Å². The summed E-state index contributed by atoms with van der Waals surface area (Å²) in [4.78, 5) is 11.9. The molecule has 2 nitrogen and oxygen atoms in total. The van der Waals surface area contributed by atoms with Gasteiger partial charge in [-0.2, -0.15) is 0 Å². The molecule has 98 valence electrons. The molecule has 0 amide bonds. The van der Waals surface area contributed by atoms with E-state index in [1.165, 1.54) is 12.1 Å². The van der Waals surface area contributed by atoms with Gasteiger partial charge in [-0.3, -0.25) is 0 Å². The van der Waals surface area contributed by atoms with Crippen LogP contribution >= 0.6 is 50.7 Å². The highest BCUT2D eigenvalue weighted by molar-refractivity contribution is 9.10. The quantitative estimate of drug-likeness (QED) is 0.383. The third-order valence-electron chi connectivity index (χ3n) is 2.24. The van der Waals surface area contributed by atoms with Crippen LogP contribution in [0.2, 0.25) is 15.1 Å². The molecule has 0 atom stereocenters. The highest BCUT2D eigenvalue weighted by Gasteiger charge is 2.13. The number of carbonyl (C=O) groups excluding carboxylic acids is 1. The summed E-state index contributed by atoms with van der Waals surface area (Å²) >= 11 is 20.9. The van der Waals surface area contributed by atoms with Crippen LogP contribution in [0.3, 0.4) is 0 Å². The van der Waals surface area contributed by atoms with Crippen molar-refractivity contribution in [3.05, 3.63) is 61.5 Å². The molecule has 0 bridgehead atoms. The van der Waals surface area contributed by atoms with E-state index in [1.807, 2.05) is 6.07 Å². The molecular weight excluding hydrogens is 374 g/mol. The van der Waals surface area contributed by atoms with Crippen LogP contribution in [-0.2, 0) is 0 Å². The molecule has 19 heavy (non-hydrogen) atoms. The highest BCUT2D eigenvalue weighted by Crippen LogP contribution is 2.34. The maximum atomic E-state index is 11.9. The topological polar surface area (TPSA) is 26.3 Å². The molecule has 6 heteroatoms. The Balaban J connectivity index is 2.27. The summed E-state index contributed by atoms with van der Waals surface area (Å²) < 4.78 is 5.97. The van der Waals surface area contributed by atoms with Crippen molar-refractivity contribution in [1.82, 2.24) is 0 Å². The lowest BCUT2D eigenvalue weighted by Crippen LogP contribution is -2.08. The second-order valence-corrected chi connectivity index (χ2v) is 5.73. The van der Waals surface area contributed by atoms with Gasteiger partial charge < -0.3 is 4.74 Å². The molecule has 0 aromatic heterocycles. The first-order valence-electron chi connectivity index (χ1n) is 5.09. The lowest BCUT2D eigenvalue weighted by atomic mass is 10.2. The second kappa shape index (κ2) is 6.14. The average molecular weight is 380 g/mol. The summed E-state index contributed by atoms with van der Waals surface area (Å²) in [6.45, 7) is 0. The summed E-state index contributed by atoms with van der Waals surface area (Å²) in [6.07, 6.45) is 0. The fraction of sp³-hybridized carbons (Fsp3) is 0. The number of ether oxygens (including phenoxy) is 1. The standard InChI is InChI=1S/C13H6BrCl3O2/c14-8-3-1-2-7(4-8)13(18)19-12-6-10(16)9(15)5-11(12)17/h1-6H. The Morgan fingerprint density at radius 1 is 1.00 bits per heavy atom. The SMILES string of the molecule is O=C(Oc1cc(Cl)c(Cl)cc1Cl)c1cccc(Br)c1. The van der Waals surface area contributed by atoms with Crippen molar-refractivity contribution in [3.63, 3.8) is 0 Å². The van der Waals surface area contributed by atoms with Gasteiger partial charge >= 0.3 is 5.97 Å². The lowest BCUT2D eigenvalue weighted by molar-refractivity contribution is 0.0735. The molecule has 0 radical (unpaired) electrons. The predicted molar refractivity (Wildman–Crippen MR) is 80.6 cm³/mol. The number of carbonyl (C=O) groups is 1. The molecule has 0 spiro atoms. The van der Waals surface area contributed by atoms with E-state index in [4.69, 9.17) is 39.5 Å². The highest BCUT2D eigenvalue weighted by atomic mass is 79.9. The Labute approximate surface area is 133 Å². The summed E-state index contributed by atoms with van der Waals surface area (Å²) in [5, 5.41) is 0.787. The van der Waals surface area contributed by atoms with Gasteiger partial charge in [0.25, 0.3) is 0 Å². The smallest absolute Gasteiger partial charge is 0.343 e. The third kappa shape index (κ3) is 3.63. The van der Waals surface area contributed by atoms with E-state index in [1.54, 1.807) is 18.2 Å². The van der Waals surface area contributed by atoms with Gasteiger partial charge in [0.05, 0.1) is 20.6 Å². The fourth-order valence-corrected chi connectivity index (χ4v) is 2.33. The predicted octanol–water partition coefficient (Wildman–Crippen LogP) is 5.63. The summed E-state index contributed by atoms with van der Waals surface area (Å²) in [6, 6.07) is 9.66. The number of esters is 1. The Bertz CT molecular complexity index is 644. The fourth-order valence-electron chi connectivity index (χ4n) is 1.36. The van der Waals surface area contributed by atoms with Crippen LogP contribution in [-0.4, -0.2) is 5.97 Å². The average Bonchev–Trinajstić information content (AvgIpc) is 2.36. The normalized spacial score (nSPS) is 10.3. The molecule has 0 saturated carbocycles. The number of halogens is 4. The Kier molecular flexibility index (Phi) is 4.74. The molecule has 2 rings (SSSR count). The van der Waals surface area contributed by atoms with Gasteiger partial charge in [0.15, 0.2) is 5.75 Å². The summed E-state index contributed by atoms with van der Waals surface area (Å²) in [5.74, 6) is -0.359. The zero-order valence-corrected chi connectivity index (χ0v) is 13.1. The molecule has 0 aliphatic heterocycles. The van der Waals surface area contributed by atoms with Crippen LogP contribution < -0.4 is 4.74 Å². The van der Waals surface area contributed by atoms with Gasteiger partial charge in [-0.15, -0.1) is 0 Å². The summed E-state index contributed by atoms with van der Waals surface area (Å²) in [5.41, 5.74) is 0.400. The van der Waals surface area contributed by atoms with E-state index in [2.05, 4.69) is 15.9 Å². The maximum Gasteiger partial charge on any atom is 0.343 e. The molecular formula is C13H6BrCl3O2. The zero-order chi connectivity index (χ0) is 14.0. The Hall–Kier alpha value is -0.740. The molecule has 0 heterocycles. The molecule has 0 unspecified atom stereocenters. The molecule has 0 fully saturated rings. The van der Waals surface area contributed by atoms with E-state index < -0.39 is 5.97 Å². The first kappa shape index (κ1) is 14.7. The first-order chi connectivity index (χ1) is 8.97. The van der Waals surface area contributed by atoms with Crippen molar-refractivity contribution < 1.29 is 9.53 Å². The number of hydrogen-bond acceptors (Lipinski definition) is 2. The minimum Gasteiger partial charge on any atom is -0.421 e. The van der Waals surface area contributed by atoms with E-state index in [9.17, 15) is 4.79 Å². The van der Waals surface area contributed by atoms with E-state index in [0.29, 0.717) is 10.6 Å². The molecule has 2 aromatic carbocycles. The van der Waals surface area contributed by atoms with Gasteiger partial charge in [0.2, 0.25) is 0 Å². The van der Waals surface area contributed by atoms with Crippen molar-refractivity contribution in [1.29, 1.82) is 0 Å². The van der Waals surface area contributed by atoms with Gasteiger partial charge in [-0.25, -0.2) is 4.79 Å². The number of benzene rings is 2. The molecule has 0 saturated heterocycles. The number of hydrogen-bond donors (Lipinski definition) is 0. The zero-order valence-electron chi connectivity index (χ0n) is 9.29. The minimum atomic E-state index is -0.526. The number of rotatable bonds is 2. The third-order valence-corrected chi connectivity index (χ3v) is 3.75. The van der Waals surface area contributed by atoms with Crippen LogP contribution in [0, 0.1) is 0 Å². The minimum absolute atomic E-state index is 0.168. The lowest BCUT2D eigenvalue weighted by Gasteiger charge is -2.08. The molecule has 0 aliphatic rings. The van der Waals surface area contributed by atoms with Gasteiger partial charge in [-0.1, -0.05) is 56.8 Å². The molecule has 0 aliphatic carbocycles. The van der Waals surface area contributed by atoms with Crippen molar-refractivity contribution in [3.8, 4) is 5.75 Å². The van der Waals surface area contributed by atoms with E-state index in [0.717, 1.165) is 4.47 Å². The Morgan fingerprint density at radius 3 is 2.37 bits per heavy atom.